The summed E-state index contributed by atoms with van der Waals surface area (Å²) in [7, 11) is 0. The molecule has 0 heterocycles. The van der Waals surface area contributed by atoms with Gasteiger partial charge in [-0.3, -0.25) is 0 Å². The van der Waals surface area contributed by atoms with Crippen LogP contribution in [-0.4, -0.2) is 11.1 Å². The summed E-state index contributed by atoms with van der Waals surface area (Å²) in [6, 6.07) is 4.00. The topological polar surface area (TPSA) is 37.3 Å². The number of benzene rings is 1. The number of halogens is 1. The maximum absolute atomic E-state index is 13.0. The number of rotatable bonds is 2. The molecule has 0 amide bonds. The summed E-state index contributed by atoms with van der Waals surface area (Å²) in [6.45, 7) is 1.79. The SMILES string of the molecule is CC(S)c1ccc(C(=O)O)c(F)c1. The maximum Gasteiger partial charge on any atom is 0.338 e. The third kappa shape index (κ3) is 2.21. The van der Waals surface area contributed by atoms with Crippen molar-refractivity contribution in [2.75, 3.05) is 0 Å². The zero-order chi connectivity index (χ0) is 10.0. The molecule has 4 heteroatoms. The van der Waals surface area contributed by atoms with E-state index in [1.54, 1.807) is 13.0 Å². The monoisotopic (exact) mass is 200 g/mol. The quantitative estimate of drug-likeness (QED) is 0.720. The minimum Gasteiger partial charge on any atom is -0.478 e. The molecule has 0 aliphatic carbocycles. The molecule has 1 N–H and O–H groups in total. The largest absolute Gasteiger partial charge is 0.478 e. The molecule has 0 aromatic heterocycles. The van der Waals surface area contributed by atoms with E-state index in [4.69, 9.17) is 5.11 Å². The average molecular weight is 200 g/mol. The van der Waals surface area contributed by atoms with E-state index in [1.165, 1.54) is 12.1 Å². The van der Waals surface area contributed by atoms with Gasteiger partial charge in [0.25, 0.3) is 0 Å². The van der Waals surface area contributed by atoms with Gasteiger partial charge in [0.15, 0.2) is 0 Å². The van der Waals surface area contributed by atoms with Gasteiger partial charge in [-0.25, -0.2) is 9.18 Å². The summed E-state index contributed by atoms with van der Waals surface area (Å²) in [4.78, 5) is 10.4. The molecule has 0 aliphatic heterocycles. The van der Waals surface area contributed by atoms with Crippen molar-refractivity contribution in [2.45, 2.75) is 12.2 Å². The van der Waals surface area contributed by atoms with Crippen LogP contribution in [0.3, 0.4) is 0 Å². The second kappa shape index (κ2) is 3.79. The lowest BCUT2D eigenvalue weighted by Gasteiger charge is -2.05. The van der Waals surface area contributed by atoms with E-state index in [9.17, 15) is 9.18 Å². The van der Waals surface area contributed by atoms with Gasteiger partial charge in [-0.2, -0.15) is 12.6 Å². The van der Waals surface area contributed by atoms with Gasteiger partial charge in [0.2, 0.25) is 0 Å². The zero-order valence-corrected chi connectivity index (χ0v) is 7.88. The van der Waals surface area contributed by atoms with E-state index in [-0.39, 0.29) is 10.8 Å². The summed E-state index contributed by atoms with van der Waals surface area (Å²) in [6.07, 6.45) is 0. The highest BCUT2D eigenvalue weighted by atomic mass is 32.1. The molecule has 1 rings (SSSR count). The van der Waals surface area contributed by atoms with Crippen LogP contribution in [0.5, 0.6) is 0 Å². The van der Waals surface area contributed by atoms with Crippen molar-refractivity contribution in [1.29, 1.82) is 0 Å². The van der Waals surface area contributed by atoms with Crippen LogP contribution in [0.25, 0.3) is 0 Å². The lowest BCUT2D eigenvalue weighted by atomic mass is 10.1. The van der Waals surface area contributed by atoms with Gasteiger partial charge in [-0.05, 0) is 24.6 Å². The molecule has 0 bridgehead atoms. The van der Waals surface area contributed by atoms with E-state index in [0.29, 0.717) is 5.56 Å². The smallest absolute Gasteiger partial charge is 0.338 e. The number of carbonyl (C=O) groups is 1. The summed E-state index contributed by atoms with van der Waals surface area (Å²) < 4.78 is 13.0. The van der Waals surface area contributed by atoms with Gasteiger partial charge in [0.1, 0.15) is 5.82 Å². The number of carboxylic acid groups (broad SMARTS) is 1. The van der Waals surface area contributed by atoms with Gasteiger partial charge in [-0.15, -0.1) is 0 Å². The highest BCUT2D eigenvalue weighted by molar-refractivity contribution is 7.80. The number of thiol groups is 1. The van der Waals surface area contributed by atoms with E-state index >= 15 is 0 Å². The first-order chi connectivity index (χ1) is 6.02. The minimum atomic E-state index is -1.25. The first-order valence-corrected chi connectivity index (χ1v) is 4.25. The summed E-state index contributed by atoms with van der Waals surface area (Å²) in [5, 5.41) is 8.44. The molecule has 0 radical (unpaired) electrons. The molecule has 1 atom stereocenters. The van der Waals surface area contributed by atoms with Crippen LogP contribution in [0, 0.1) is 5.82 Å². The molecule has 0 saturated carbocycles. The lowest BCUT2D eigenvalue weighted by Crippen LogP contribution is -2.01. The third-order valence-electron chi connectivity index (χ3n) is 1.71. The molecule has 13 heavy (non-hydrogen) atoms. The van der Waals surface area contributed by atoms with Crippen molar-refractivity contribution in [1.82, 2.24) is 0 Å². The van der Waals surface area contributed by atoms with Crippen LogP contribution in [0.4, 0.5) is 4.39 Å². The predicted molar refractivity (Wildman–Crippen MR) is 50.8 cm³/mol. The second-order valence-corrected chi connectivity index (χ2v) is 3.50. The lowest BCUT2D eigenvalue weighted by molar-refractivity contribution is 0.0692. The minimum absolute atomic E-state index is 0.0997. The van der Waals surface area contributed by atoms with E-state index in [2.05, 4.69) is 12.6 Å². The first-order valence-electron chi connectivity index (χ1n) is 3.73. The molecular formula is C9H9FO2S. The Morgan fingerprint density at radius 2 is 2.23 bits per heavy atom. The second-order valence-electron chi connectivity index (χ2n) is 2.72. The summed E-state index contributed by atoms with van der Waals surface area (Å²) >= 11 is 4.11. The molecular weight excluding hydrogens is 191 g/mol. The third-order valence-corrected chi connectivity index (χ3v) is 2.00. The van der Waals surface area contributed by atoms with Crippen molar-refractivity contribution in [3.8, 4) is 0 Å². The number of aromatic carboxylic acids is 1. The van der Waals surface area contributed by atoms with Gasteiger partial charge in [0.05, 0.1) is 5.56 Å². The fourth-order valence-corrected chi connectivity index (χ4v) is 1.13. The van der Waals surface area contributed by atoms with Crippen LogP contribution in [0.2, 0.25) is 0 Å². The van der Waals surface area contributed by atoms with Crippen LogP contribution in [0.15, 0.2) is 18.2 Å². The van der Waals surface area contributed by atoms with Gasteiger partial charge in [0, 0.05) is 5.25 Å². The summed E-state index contributed by atoms with van der Waals surface area (Å²) in [5.41, 5.74) is 0.364. The molecule has 70 valence electrons. The maximum atomic E-state index is 13.0. The fourth-order valence-electron chi connectivity index (χ4n) is 0.965. The van der Waals surface area contributed by atoms with Gasteiger partial charge < -0.3 is 5.11 Å². The number of carboxylic acids is 1. The Balaban J connectivity index is 3.13. The highest BCUT2D eigenvalue weighted by Gasteiger charge is 2.11. The van der Waals surface area contributed by atoms with Crippen molar-refractivity contribution in [3.63, 3.8) is 0 Å². The number of hydrogen-bond acceptors (Lipinski definition) is 2. The van der Waals surface area contributed by atoms with Gasteiger partial charge in [-0.1, -0.05) is 6.07 Å². The van der Waals surface area contributed by atoms with Crippen LogP contribution < -0.4 is 0 Å². The Labute approximate surface area is 80.8 Å². The zero-order valence-electron chi connectivity index (χ0n) is 6.99. The predicted octanol–water partition coefficient (Wildman–Crippen LogP) is 2.51. The Hall–Kier alpha value is -1.03. The molecule has 1 aromatic rings. The van der Waals surface area contributed by atoms with Gasteiger partial charge >= 0.3 is 5.97 Å². The molecule has 0 fully saturated rings. The van der Waals surface area contributed by atoms with Crippen LogP contribution >= 0.6 is 12.6 Å². The van der Waals surface area contributed by atoms with Crippen LogP contribution in [-0.2, 0) is 0 Å². The van der Waals surface area contributed by atoms with E-state index in [1.807, 2.05) is 0 Å². The molecule has 2 nitrogen and oxygen atoms in total. The van der Waals surface area contributed by atoms with Crippen molar-refractivity contribution in [3.05, 3.63) is 35.1 Å². The molecule has 0 spiro atoms. The normalized spacial score (nSPS) is 12.5. The number of hydrogen-bond donors (Lipinski definition) is 2. The van der Waals surface area contributed by atoms with Crippen molar-refractivity contribution >= 4 is 18.6 Å². The fraction of sp³-hybridized carbons (Fsp3) is 0.222. The Morgan fingerprint density at radius 3 is 2.62 bits per heavy atom. The standard InChI is InChI=1S/C9H9FO2S/c1-5(13)6-2-3-7(9(11)12)8(10)4-6/h2-5,13H,1H3,(H,11,12). The Kier molecular flexibility index (Phi) is 2.93. The Morgan fingerprint density at radius 1 is 1.62 bits per heavy atom. The van der Waals surface area contributed by atoms with E-state index < -0.39 is 11.8 Å². The van der Waals surface area contributed by atoms with Crippen molar-refractivity contribution < 1.29 is 14.3 Å². The van der Waals surface area contributed by atoms with Crippen LogP contribution in [0.1, 0.15) is 28.1 Å². The first kappa shape index (κ1) is 10.1. The van der Waals surface area contributed by atoms with Crippen molar-refractivity contribution in [2.24, 2.45) is 0 Å². The average Bonchev–Trinajstić information content (AvgIpc) is 2.03. The Bertz CT molecular complexity index is 336. The summed E-state index contributed by atoms with van der Waals surface area (Å²) in [5.74, 6) is -1.97. The molecule has 0 aliphatic rings. The molecule has 1 unspecified atom stereocenters. The highest BCUT2D eigenvalue weighted by Crippen LogP contribution is 2.21. The molecule has 0 saturated heterocycles. The van der Waals surface area contributed by atoms with E-state index in [0.717, 1.165) is 0 Å². The molecule has 1 aromatic carbocycles.